The van der Waals surface area contributed by atoms with Gasteiger partial charge in [0.05, 0.1) is 5.56 Å². The van der Waals surface area contributed by atoms with Crippen molar-refractivity contribution in [1.82, 2.24) is 20.5 Å². The second kappa shape index (κ2) is 6.08. The van der Waals surface area contributed by atoms with Gasteiger partial charge in [0.15, 0.2) is 0 Å². The smallest absolute Gasteiger partial charge is 0.308 e. The number of hydrogen-bond acceptors (Lipinski definition) is 5. The van der Waals surface area contributed by atoms with Crippen molar-refractivity contribution in [1.29, 1.82) is 0 Å². The number of amides is 1. The van der Waals surface area contributed by atoms with Crippen molar-refractivity contribution in [2.24, 2.45) is 5.92 Å². The number of hydrogen-bond donors (Lipinski definition) is 1. The minimum atomic E-state index is -0.344. The molecule has 2 aromatic heterocycles. The van der Waals surface area contributed by atoms with E-state index in [1.807, 2.05) is 0 Å². The van der Waals surface area contributed by atoms with Gasteiger partial charge in [-0.25, -0.2) is 0 Å². The number of carbonyl (C=O) groups excluding carboxylic acids is 1. The van der Waals surface area contributed by atoms with E-state index >= 15 is 0 Å². The first-order valence-corrected chi connectivity index (χ1v) is 6.19. The predicted molar refractivity (Wildman–Crippen MR) is 69.3 cm³/mol. The molecule has 0 spiro atoms. The zero-order valence-corrected chi connectivity index (χ0v) is 11.0. The molecular weight excluding hydrogens is 244 g/mol. The molecule has 2 rings (SSSR count). The normalized spacial score (nSPS) is 10.7. The lowest BCUT2D eigenvalue weighted by atomic mass is 10.1. The second-order valence-corrected chi connectivity index (χ2v) is 4.59. The Hall–Kier alpha value is -2.24. The molecule has 0 radical (unpaired) electrons. The van der Waals surface area contributed by atoms with E-state index < -0.39 is 0 Å². The highest BCUT2D eigenvalue weighted by molar-refractivity contribution is 5.89. The van der Waals surface area contributed by atoms with Crippen molar-refractivity contribution in [2.75, 3.05) is 6.54 Å². The molecule has 19 heavy (non-hydrogen) atoms. The lowest BCUT2D eigenvalue weighted by Gasteiger charge is -2.04. The molecule has 100 valence electrons. The summed E-state index contributed by atoms with van der Waals surface area (Å²) in [5.74, 6) is 0.460. The van der Waals surface area contributed by atoms with Crippen molar-refractivity contribution in [3.05, 3.63) is 30.4 Å². The molecule has 0 bridgehead atoms. The number of rotatable bonds is 5. The van der Waals surface area contributed by atoms with Gasteiger partial charge in [-0.15, -0.1) is 10.2 Å². The van der Waals surface area contributed by atoms with Crippen LogP contribution in [0.4, 0.5) is 0 Å². The fourth-order valence-corrected chi connectivity index (χ4v) is 1.47. The summed E-state index contributed by atoms with van der Waals surface area (Å²) in [5.41, 5.74) is 0.691. The van der Waals surface area contributed by atoms with E-state index in [-0.39, 0.29) is 11.8 Å². The van der Waals surface area contributed by atoms with E-state index in [2.05, 4.69) is 34.3 Å². The Morgan fingerprint density at radius 2 is 2.26 bits per heavy atom. The molecule has 1 N–H and O–H groups in total. The molecule has 2 aromatic rings. The molecule has 0 saturated carbocycles. The van der Waals surface area contributed by atoms with E-state index in [0.717, 1.165) is 6.42 Å². The van der Waals surface area contributed by atoms with Crippen molar-refractivity contribution >= 4 is 5.91 Å². The summed E-state index contributed by atoms with van der Waals surface area (Å²) in [4.78, 5) is 15.7. The van der Waals surface area contributed by atoms with Gasteiger partial charge in [0.1, 0.15) is 0 Å². The summed E-state index contributed by atoms with van der Waals surface area (Å²) in [6.07, 6.45) is 4.17. The standard InChI is InChI=1S/C13H16N4O2/c1-9(2)5-7-15-11(18)13-17-16-12(19-13)10-4-3-6-14-8-10/h3-4,6,8-9H,5,7H2,1-2H3,(H,15,18). The molecule has 0 fully saturated rings. The minimum Gasteiger partial charge on any atom is -0.412 e. The Balaban J connectivity index is 1.99. The number of pyridine rings is 1. The molecule has 6 nitrogen and oxygen atoms in total. The quantitative estimate of drug-likeness (QED) is 0.888. The average Bonchev–Trinajstić information content (AvgIpc) is 2.89. The summed E-state index contributed by atoms with van der Waals surface area (Å²) in [6, 6.07) is 3.56. The molecular formula is C13H16N4O2. The maximum absolute atomic E-state index is 11.7. The van der Waals surface area contributed by atoms with Crippen LogP contribution in [0.5, 0.6) is 0 Å². The zero-order valence-electron chi connectivity index (χ0n) is 11.0. The third-order valence-electron chi connectivity index (χ3n) is 2.53. The lowest BCUT2D eigenvalue weighted by molar-refractivity contribution is 0.0918. The van der Waals surface area contributed by atoms with Gasteiger partial charge >= 0.3 is 11.8 Å². The van der Waals surface area contributed by atoms with Crippen LogP contribution in [-0.2, 0) is 0 Å². The molecule has 6 heteroatoms. The van der Waals surface area contributed by atoms with Crippen molar-refractivity contribution in [3.8, 4) is 11.5 Å². The molecule has 0 atom stereocenters. The average molecular weight is 260 g/mol. The van der Waals surface area contributed by atoms with Crippen LogP contribution >= 0.6 is 0 Å². The SMILES string of the molecule is CC(C)CCNC(=O)c1nnc(-c2cccnc2)o1. The number of nitrogens with zero attached hydrogens (tertiary/aromatic N) is 3. The third-order valence-corrected chi connectivity index (χ3v) is 2.53. The molecule has 0 aliphatic rings. The Morgan fingerprint density at radius 1 is 1.42 bits per heavy atom. The fourth-order valence-electron chi connectivity index (χ4n) is 1.47. The lowest BCUT2D eigenvalue weighted by Crippen LogP contribution is -2.25. The summed E-state index contributed by atoms with van der Waals surface area (Å²) >= 11 is 0. The third kappa shape index (κ3) is 3.61. The second-order valence-electron chi connectivity index (χ2n) is 4.59. The molecule has 2 heterocycles. The zero-order chi connectivity index (χ0) is 13.7. The van der Waals surface area contributed by atoms with Crippen LogP contribution in [0.3, 0.4) is 0 Å². The number of carbonyl (C=O) groups is 1. The van der Waals surface area contributed by atoms with Crippen LogP contribution in [0.1, 0.15) is 31.0 Å². The van der Waals surface area contributed by atoms with Crippen molar-refractivity contribution in [3.63, 3.8) is 0 Å². The summed E-state index contributed by atoms with van der Waals surface area (Å²) < 4.78 is 5.31. The molecule has 0 unspecified atom stereocenters. The summed E-state index contributed by atoms with van der Waals surface area (Å²) in [7, 11) is 0. The van der Waals surface area contributed by atoms with Crippen LogP contribution in [0.2, 0.25) is 0 Å². The van der Waals surface area contributed by atoms with Gasteiger partial charge in [-0.3, -0.25) is 9.78 Å². The van der Waals surface area contributed by atoms with Crippen LogP contribution in [-0.4, -0.2) is 27.6 Å². The van der Waals surface area contributed by atoms with Gasteiger partial charge in [-0.1, -0.05) is 13.8 Å². The highest BCUT2D eigenvalue weighted by Gasteiger charge is 2.15. The predicted octanol–water partition coefficient (Wildman–Crippen LogP) is 1.91. The first-order valence-electron chi connectivity index (χ1n) is 6.19. The van der Waals surface area contributed by atoms with Gasteiger partial charge < -0.3 is 9.73 Å². The van der Waals surface area contributed by atoms with E-state index in [1.165, 1.54) is 0 Å². The summed E-state index contributed by atoms with van der Waals surface area (Å²) in [5, 5.41) is 10.3. The summed E-state index contributed by atoms with van der Waals surface area (Å²) in [6.45, 7) is 4.79. The monoisotopic (exact) mass is 260 g/mol. The van der Waals surface area contributed by atoms with Gasteiger partial charge in [-0.05, 0) is 24.5 Å². The molecule has 1 amide bonds. The maximum Gasteiger partial charge on any atom is 0.308 e. The van der Waals surface area contributed by atoms with Gasteiger partial charge in [0, 0.05) is 18.9 Å². The van der Waals surface area contributed by atoms with Gasteiger partial charge in [0.2, 0.25) is 5.89 Å². The fraction of sp³-hybridized carbons (Fsp3) is 0.385. The molecule has 0 aliphatic heterocycles. The number of nitrogens with one attached hydrogen (secondary N) is 1. The first kappa shape index (κ1) is 13.2. The van der Waals surface area contributed by atoms with E-state index in [9.17, 15) is 4.79 Å². The Morgan fingerprint density at radius 3 is 2.95 bits per heavy atom. The van der Waals surface area contributed by atoms with Gasteiger partial charge in [0.25, 0.3) is 0 Å². The van der Waals surface area contributed by atoms with E-state index in [4.69, 9.17) is 4.42 Å². The minimum absolute atomic E-state index is 0.0254. The first-order chi connectivity index (χ1) is 9.16. The molecule has 0 aromatic carbocycles. The Bertz CT molecular complexity index is 537. The highest BCUT2D eigenvalue weighted by Crippen LogP contribution is 2.15. The van der Waals surface area contributed by atoms with Crippen molar-refractivity contribution in [2.45, 2.75) is 20.3 Å². The van der Waals surface area contributed by atoms with Crippen LogP contribution in [0.15, 0.2) is 28.9 Å². The number of aromatic nitrogens is 3. The van der Waals surface area contributed by atoms with Crippen LogP contribution < -0.4 is 5.32 Å². The van der Waals surface area contributed by atoms with Crippen LogP contribution in [0.25, 0.3) is 11.5 Å². The Labute approximate surface area is 111 Å². The maximum atomic E-state index is 11.7. The molecule has 0 saturated heterocycles. The Kier molecular flexibility index (Phi) is 4.22. The topological polar surface area (TPSA) is 80.9 Å². The van der Waals surface area contributed by atoms with E-state index in [0.29, 0.717) is 23.9 Å². The van der Waals surface area contributed by atoms with Gasteiger partial charge in [-0.2, -0.15) is 0 Å². The van der Waals surface area contributed by atoms with Crippen LogP contribution in [0, 0.1) is 5.92 Å². The largest absolute Gasteiger partial charge is 0.412 e. The molecule has 0 aliphatic carbocycles. The van der Waals surface area contributed by atoms with E-state index in [1.54, 1.807) is 24.5 Å². The highest BCUT2D eigenvalue weighted by atomic mass is 16.4. The van der Waals surface area contributed by atoms with Crippen molar-refractivity contribution < 1.29 is 9.21 Å².